The Morgan fingerprint density at radius 3 is 2.61 bits per heavy atom. The molecule has 4 heterocycles. The van der Waals surface area contributed by atoms with Crippen LogP contribution in [0.5, 0.6) is 0 Å². The topological polar surface area (TPSA) is 100 Å². The van der Waals surface area contributed by atoms with Gasteiger partial charge in [0.1, 0.15) is 11.6 Å². The summed E-state index contributed by atoms with van der Waals surface area (Å²) in [6.45, 7) is 1.92. The lowest BCUT2D eigenvalue weighted by molar-refractivity contribution is 0.430. The Balaban J connectivity index is 1.41. The quantitative estimate of drug-likeness (QED) is 0.479. The summed E-state index contributed by atoms with van der Waals surface area (Å²) < 4.78 is 7.25. The third-order valence-corrected chi connectivity index (χ3v) is 4.20. The van der Waals surface area contributed by atoms with E-state index < -0.39 is 0 Å². The number of hydrogen-bond acceptors (Lipinski definition) is 7. The Bertz CT molecular complexity index is 1220. The number of benzene rings is 1. The van der Waals surface area contributed by atoms with Gasteiger partial charge in [0.15, 0.2) is 5.69 Å². The van der Waals surface area contributed by atoms with Gasteiger partial charge in [-0.15, -0.1) is 5.10 Å². The van der Waals surface area contributed by atoms with Crippen molar-refractivity contribution in [3.63, 3.8) is 0 Å². The maximum atomic E-state index is 5.36. The normalized spacial score (nSPS) is 11.0. The molecule has 0 radical (unpaired) electrons. The highest BCUT2D eigenvalue weighted by Crippen LogP contribution is 2.21. The first-order valence-electron chi connectivity index (χ1n) is 8.56. The van der Waals surface area contributed by atoms with Crippen molar-refractivity contribution in [3.8, 4) is 34.5 Å². The Morgan fingerprint density at radius 1 is 0.964 bits per heavy atom. The van der Waals surface area contributed by atoms with Gasteiger partial charge >= 0.3 is 0 Å². The van der Waals surface area contributed by atoms with Crippen molar-refractivity contribution in [2.24, 2.45) is 0 Å². The molecule has 0 saturated heterocycles. The Kier molecular flexibility index (Phi) is 3.75. The average molecular weight is 370 g/mol. The van der Waals surface area contributed by atoms with Gasteiger partial charge in [0, 0.05) is 24.2 Å². The molecule has 0 aliphatic carbocycles. The molecule has 9 heteroatoms. The van der Waals surface area contributed by atoms with Gasteiger partial charge < -0.3 is 4.52 Å². The van der Waals surface area contributed by atoms with Crippen LogP contribution in [0.3, 0.4) is 0 Å². The molecule has 0 spiro atoms. The number of rotatable bonds is 4. The van der Waals surface area contributed by atoms with Crippen LogP contribution in [0.15, 0.2) is 71.8 Å². The summed E-state index contributed by atoms with van der Waals surface area (Å²) in [6, 6.07) is 13.4. The molecule has 0 aliphatic heterocycles. The fraction of sp³-hybridized carbons (Fsp3) is 0.0526. The molecule has 0 atom stereocenters. The standard InChI is InChI=1S/C19H14N8O/c1-13-20-9-10-26(13)17-8-7-14(11-21-17)18-23-19(28-25-18)16-12-22-27(24-16)15-5-3-2-4-6-15/h2-12H,1H3. The van der Waals surface area contributed by atoms with Crippen molar-refractivity contribution in [1.29, 1.82) is 0 Å². The highest BCUT2D eigenvalue weighted by atomic mass is 16.5. The Hall–Kier alpha value is -4.14. The first kappa shape index (κ1) is 16.1. The monoisotopic (exact) mass is 370 g/mol. The maximum absolute atomic E-state index is 5.36. The Morgan fingerprint density at radius 2 is 1.86 bits per heavy atom. The molecule has 0 N–H and O–H groups in total. The van der Waals surface area contributed by atoms with E-state index in [0.29, 0.717) is 17.4 Å². The van der Waals surface area contributed by atoms with Gasteiger partial charge in [-0.25, -0.2) is 9.97 Å². The van der Waals surface area contributed by atoms with Gasteiger partial charge in [0.05, 0.1) is 11.9 Å². The molecule has 9 nitrogen and oxygen atoms in total. The molecule has 0 bridgehead atoms. The van der Waals surface area contributed by atoms with Crippen molar-refractivity contribution in [2.45, 2.75) is 6.92 Å². The van der Waals surface area contributed by atoms with Gasteiger partial charge in [-0.3, -0.25) is 4.57 Å². The molecule has 0 fully saturated rings. The predicted octanol–water partition coefficient (Wildman–Crippen LogP) is 2.87. The zero-order valence-corrected chi connectivity index (χ0v) is 14.8. The molecule has 0 unspecified atom stereocenters. The molecule has 28 heavy (non-hydrogen) atoms. The minimum absolute atomic E-state index is 0.298. The minimum atomic E-state index is 0.298. The van der Waals surface area contributed by atoms with E-state index in [1.165, 1.54) is 4.80 Å². The zero-order chi connectivity index (χ0) is 18.9. The van der Waals surface area contributed by atoms with Crippen molar-refractivity contribution in [2.75, 3.05) is 0 Å². The molecular weight excluding hydrogens is 356 g/mol. The predicted molar refractivity (Wildman–Crippen MR) is 99.7 cm³/mol. The van der Waals surface area contributed by atoms with E-state index in [-0.39, 0.29) is 0 Å². The summed E-state index contributed by atoms with van der Waals surface area (Å²) in [6.07, 6.45) is 6.89. The van der Waals surface area contributed by atoms with E-state index in [0.717, 1.165) is 22.9 Å². The van der Waals surface area contributed by atoms with E-state index in [1.54, 1.807) is 18.6 Å². The summed E-state index contributed by atoms with van der Waals surface area (Å²) in [7, 11) is 0. The van der Waals surface area contributed by atoms with Crippen LogP contribution in [-0.4, -0.2) is 39.7 Å². The lowest BCUT2D eigenvalue weighted by atomic mass is 10.2. The molecule has 5 rings (SSSR count). The number of imidazole rings is 1. The highest BCUT2D eigenvalue weighted by molar-refractivity contribution is 5.57. The summed E-state index contributed by atoms with van der Waals surface area (Å²) >= 11 is 0. The number of hydrogen-bond donors (Lipinski definition) is 0. The van der Waals surface area contributed by atoms with Crippen LogP contribution in [0.4, 0.5) is 0 Å². The van der Waals surface area contributed by atoms with E-state index in [4.69, 9.17) is 4.52 Å². The van der Waals surface area contributed by atoms with Gasteiger partial charge in [-0.1, -0.05) is 23.4 Å². The maximum Gasteiger partial charge on any atom is 0.280 e. The van der Waals surface area contributed by atoms with E-state index in [2.05, 4.69) is 30.3 Å². The van der Waals surface area contributed by atoms with Crippen molar-refractivity contribution >= 4 is 0 Å². The van der Waals surface area contributed by atoms with Crippen LogP contribution in [0.2, 0.25) is 0 Å². The smallest absolute Gasteiger partial charge is 0.280 e. The van der Waals surface area contributed by atoms with Crippen molar-refractivity contribution in [1.82, 2.24) is 39.7 Å². The second-order valence-electron chi connectivity index (χ2n) is 6.03. The molecule has 4 aromatic heterocycles. The second-order valence-corrected chi connectivity index (χ2v) is 6.03. The first-order chi connectivity index (χ1) is 13.8. The fourth-order valence-electron chi connectivity index (χ4n) is 2.77. The molecule has 0 amide bonds. The Labute approximate surface area is 159 Å². The number of pyridine rings is 1. The minimum Gasteiger partial charge on any atom is -0.332 e. The molecular formula is C19H14N8O. The molecule has 0 aliphatic rings. The van der Waals surface area contributed by atoms with E-state index >= 15 is 0 Å². The van der Waals surface area contributed by atoms with Gasteiger partial charge in [-0.05, 0) is 31.2 Å². The van der Waals surface area contributed by atoms with Crippen LogP contribution in [0.1, 0.15) is 5.82 Å². The number of aryl methyl sites for hydroxylation is 1. The molecule has 5 aromatic rings. The molecule has 0 saturated carbocycles. The van der Waals surface area contributed by atoms with Crippen LogP contribution in [0, 0.1) is 6.92 Å². The number of para-hydroxylation sites is 1. The van der Waals surface area contributed by atoms with Crippen molar-refractivity contribution in [3.05, 3.63) is 73.1 Å². The third-order valence-electron chi connectivity index (χ3n) is 4.20. The highest BCUT2D eigenvalue weighted by Gasteiger charge is 2.15. The summed E-state index contributed by atoms with van der Waals surface area (Å²) in [5, 5.41) is 12.7. The number of aromatic nitrogens is 8. The van der Waals surface area contributed by atoms with Gasteiger partial charge in [0.25, 0.3) is 5.89 Å². The van der Waals surface area contributed by atoms with Crippen LogP contribution < -0.4 is 0 Å². The summed E-state index contributed by atoms with van der Waals surface area (Å²) in [4.78, 5) is 14.6. The van der Waals surface area contributed by atoms with Crippen LogP contribution in [0.25, 0.3) is 34.5 Å². The largest absolute Gasteiger partial charge is 0.332 e. The zero-order valence-electron chi connectivity index (χ0n) is 14.8. The lowest BCUT2D eigenvalue weighted by Gasteiger charge is -2.03. The van der Waals surface area contributed by atoms with Gasteiger partial charge in [-0.2, -0.15) is 14.9 Å². The van der Waals surface area contributed by atoms with Gasteiger partial charge in [0.2, 0.25) is 5.82 Å². The molecule has 136 valence electrons. The fourth-order valence-corrected chi connectivity index (χ4v) is 2.77. The summed E-state index contributed by atoms with van der Waals surface area (Å²) in [5.41, 5.74) is 2.09. The van der Waals surface area contributed by atoms with E-state index in [9.17, 15) is 0 Å². The lowest BCUT2D eigenvalue weighted by Crippen LogP contribution is -1.98. The number of nitrogens with zero attached hydrogens (tertiary/aromatic N) is 8. The van der Waals surface area contributed by atoms with Crippen LogP contribution >= 0.6 is 0 Å². The third kappa shape index (κ3) is 2.84. The van der Waals surface area contributed by atoms with E-state index in [1.807, 2.05) is 60.2 Å². The van der Waals surface area contributed by atoms with Crippen molar-refractivity contribution < 1.29 is 4.52 Å². The summed E-state index contributed by atoms with van der Waals surface area (Å²) in [5.74, 6) is 2.37. The van der Waals surface area contributed by atoms with Crippen LogP contribution in [-0.2, 0) is 0 Å². The molecule has 1 aromatic carbocycles. The first-order valence-corrected chi connectivity index (χ1v) is 8.56. The SMILES string of the molecule is Cc1nccn1-c1ccc(-c2noc(-c3cnn(-c4ccccc4)n3)n2)cn1. The second kappa shape index (κ2) is 6.54. The average Bonchev–Trinajstić information content (AvgIpc) is 3.49.